The second kappa shape index (κ2) is 6.40. The Morgan fingerprint density at radius 1 is 1.32 bits per heavy atom. The summed E-state index contributed by atoms with van der Waals surface area (Å²) in [5.41, 5.74) is 1.76. The maximum atomic E-state index is 9.01. The Morgan fingerprint density at radius 3 is 2.79 bits per heavy atom. The molecule has 6 heteroatoms. The van der Waals surface area contributed by atoms with Crippen molar-refractivity contribution in [3.05, 3.63) is 35.8 Å². The van der Waals surface area contributed by atoms with Crippen LogP contribution in [0.5, 0.6) is 0 Å². The van der Waals surface area contributed by atoms with Gasteiger partial charge in [0.2, 0.25) is 0 Å². The van der Waals surface area contributed by atoms with E-state index in [1.165, 1.54) is 0 Å². The Labute approximate surface area is 116 Å². The van der Waals surface area contributed by atoms with E-state index in [1.807, 2.05) is 59.4 Å². The van der Waals surface area contributed by atoms with E-state index in [2.05, 4.69) is 10.2 Å². The van der Waals surface area contributed by atoms with Crippen LogP contribution in [0.4, 0.5) is 16.5 Å². The molecule has 2 rings (SSSR count). The molecule has 0 atom stereocenters. The molecule has 0 amide bonds. The maximum absolute atomic E-state index is 9.01. The lowest BCUT2D eigenvalue weighted by Gasteiger charge is -2.18. The number of rotatable bonds is 5. The number of hydrogen-bond donors (Lipinski definition) is 1. The van der Waals surface area contributed by atoms with Gasteiger partial charge >= 0.3 is 5.13 Å². The Balaban J connectivity index is 2.25. The second-order valence-electron chi connectivity index (χ2n) is 4.13. The van der Waals surface area contributed by atoms with Gasteiger partial charge in [-0.2, -0.15) is 0 Å². The Bertz CT molecular complexity index is 567. The predicted octanol–water partition coefficient (Wildman–Crippen LogP) is 2.42. The number of likely N-dealkylation sites (N-methyl/N-ethyl adjacent to an activating group) is 1. The van der Waals surface area contributed by atoms with Gasteiger partial charge < -0.3 is 10.0 Å². The number of thiazole rings is 1. The molecule has 0 unspecified atom stereocenters. The summed E-state index contributed by atoms with van der Waals surface area (Å²) in [6, 6.07) is 7.77. The van der Waals surface area contributed by atoms with Crippen LogP contribution in [0.2, 0.25) is 0 Å². The molecule has 1 heterocycles. The van der Waals surface area contributed by atoms with Crippen LogP contribution < -0.4 is 9.47 Å². The van der Waals surface area contributed by atoms with Gasteiger partial charge in [0.15, 0.2) is 0 Å². The van der Waals surface area contributed by atoms with Crippen molar-refractivity contribution in [1.82, 2.24) is 0 Å². The van der Waals surface area contributed by atoms with Crippen LogP contribution in [-0.2, 0) is 7.05 Å². The zero-order valence-corrected chi connectivity index (χ0v) is 11.8. The van der Waals surface area contributed by atoms with E-state index in [4.69, 9.17) is 5.11 Å². The molecule has 0 spiro atoms. The lowest BCUT2D eigenvalue weighted by Crippen LogP contribution is -2.23. The van der Waals surface area contributed by atoms with Crippen molar-refractivity contribution in [3.63, 3.8) is 0 Å². The van der Waals surface area contributed by atoms with Crippen LogP contribution in [-0.4, -0.2) is 25.3 Å². The van der Waals surface area contributed by atoms with Crippen LogP contribution in [0, 0.1) is 0 Å². The molecule has 0 aliphatic rings. The van der Waals surface area contributed by atoms with Gasteiger partial charge in [-0.05, 0) is 28.6 Å². The zero-order chi connectivity index (χ0) is 13.7. The van der Waals surface area contributed by atoms with E-state index in [0.717, 1.165) is 16.5 Å². The van der Waals surface area contributed by atoms with Gasteiger partial charge in [-0.3, -0.25) is 0 Å². The van der Waals surface area contributed by atoms with Crippen molar-refractivity contribution in [1.29, 1.82) is 0 Å². The zero-order valence-electron chi connectivity index (χ0n) is 11.0. The summed E-state index contributed by atoms with van der Waals surface area (Å²) in [7, 11) is 3.87. The first-order valence-corrected chi connectivity index (χ1v) is 6.86. The quantitative estimate of drug-likeness (QED) is 0.674. The van der Waals surface area contributed by atoms with Gasteiger partial charge in [0.1, 0.15) is 11.9 Å². The Hall–Kier alpha value is -1.79. The third-order valence-corrected chi connectivity index (χ3v) is 3.57. The van der Waals surface area contributed by atoms with Crippen molar-refractivity contribution >= 4 is 27.8 Å². The highest BCUT2D eigenvalue weighted by molar-refractivity contribution is 7.12. The highest BCUT2D eigenvalue weighted by Gasteiger charge is 2.10. The molecule has 19 heavy (non-hydrogen) atoms. The first-order valence-electron chi connectivity index (χ1n) is 5.98. The molecule has 100 valence electrons. The second-order valence-corrected chi connectivity index (χ2v) is 5.00. The first-order chi connectivity index (χ1) is 9.22. The maximum Gasteiger partial charge on any atom is 0.408 e. The molecule has 0 aliphatic heterocycles. The first kappa shape index (κ1) is 13.6. The molecule has 0 fully saturated rings. The monoisotopic (exact) mass is 277 g/mol. The van der Waals surface area contributed by atoms with Crippen LogP contribution in [0.25, 0.3) is 0 Å². The normalized spacial score (nSPS) is 11.1. The van der Waals surface area contributed by atoms with E-state index in [9.17, 15) is 0 Å². The van der Waals surface area contributed by atoms with Crippen molar-refractivity contribution in [3.8, 4) is 0 Å². The molecular formula is C13H17N4OS+. The van der Waals surface area contributed by atoms with Crippen molar-refractivity contribution in [2.75, 3.05) is 25.1 Å². The molecule has 0 aliphatic carbocycles. The van der Waals surface area contributed by atoms with Gasteiger partial charge in [-0.25, -0.2) is 4.57 Å². The van der Waals surface area contributed by atoms with Crippen LogP contribution in [0.3, 0.4) is 0 Å². The summed E-state index contributed by atoms with van der Waals surface area (Å²) in [4.78, 5) is 1.96. The van der Waals surface area contributed by atoms with Crippen molar-refractivity contribution in [2.45, 2.75) is 0 Å². The highest BCUT2D eigenvalue weighted by Crippen LogP contribution is 2.29. The fourth-order valence-electron chi connectivity index (χ4n) is 1.66. The van der Waals surface area contributed by atoms with E-state index < -0.39 is 0 Å². The smallest absolute Gasteiger partial charge is 0.395 e. The average Bonchev–Trinajstić information content (AvgIpc) is 2.82. The summed E-state index contributed by atoms with van der Waals surface area (Å²) in [5.74, 6) is 0. The fraction of sp³-hybridized carbons (Fsp3) is 0.308. The van der Waals surface area contributed by atoms with E-state index >= 15 is 0 Å². The average molecular weight is 277 g/mol. The van der Waals surface area contributed by atoms with Crippen LogP contribution >= 0.6 is 11.3 Å². The molecule has 0 saturated carbocycles. The minimum absolute atomic E-state index is 0.113. The summed E-state index contributed by atoms with van der Waals surface area (Å²) < 4.78 is 1.92. The number of azo groups is 1. The molecule has 0 bridgehead atoms. The fourth-order valence-corrected chi connectivity index (χ4v) is 2.34. The summed E-state index contributed by atoms with van der Waals surface area (Å²) >= 11 is 1.54. The number of hydrogen-bond acceptors (Lipinski definition) is 5. The molecule has 0 saturated heterocycles. The van der Waals surface area contributed by atoms with Gasteiger partial charge in [-0.15, -0.1) is 0 Å². The number of aliphatic hydroxyl groups excluding tert-OH is 1. The van der Waals surface area contributed by atoms with E-state index in [-0.39, 0.29) is 6.61 Å². The molecule has 0 radical (unpaired) electrons. The van der Waals surface area contributed by atoms with Crippen LogP contribution in [0.1, 0.15) is 0 Å². The number of benzene rings is 1. The minimum atomic E-state index is 0.113. The molecule has 2 aromatic rings. The number of nitrogens with zero attached hydrogens (tertiary/aromatic N) is 4. The number of aromatic nitrogens is 1. The largest absolute Gasteiger partial charge is 0.408 e. The van der Waals surface area contributed by atoms with Gasteiger partial charge in [0.05, 0.1) is 24.5 Å². The summed E-state index contributed by atoms with van der Waals surface area (Å²) in [6.45, 7) is 0.682. The topological polar surface area (TPSA) is 52.1 Å². The molecular weight excluding hydrogens is 260 g/mol. The van der Waals surface area contributed by atoms with Gasteiger partial charge in [0, 0.05) is 19.0 Å². The summed E-state index contributed by atoms with van der Waals surface area (Å²) in [5, 5.41) is 20.4. The lowest BCUT2D eigenvalue weighted by molar-refractivity contribution is -0.654. The Kier molecular flexibility index (Phi) is 4.59. The van der Waals surface area contributed by atoms with E-state index in [0.29, 0.717) is 6.54 Å². The number of para-hydroxylation sites is 1. The minimum Gasteiger partial charge on any atom is -0.395 e. The van der Waals surface area contributed by atoms with Crippen LogP contribution in [0.15, 0.2) is 46.1 Å². The predicted molar refractivity (Wildman–Crippen MR) is 76.5 cm³/mol. The molecule has 5 nitrogen and oxygen atoms in total. The third-order valence-electron chi connectivity index (χ3n) is 2.73. The van der Waals surface area contributed by atoms with Crippen molar-refractivity contribution < 1.29 is 9.67 Å². The lowest BCUT2D eigenvalue weighted by atomic mass is 10.2. The number of aliphatic hydroxyl groups is 1. The molecule has 1 aromatic heterocycles. The van der Waals surface area contributed by atoms with Crippen molar-refractivity contribution in [2.24, 2.45) is 17.3 Å². The highest BCUT2D eigenvalue weighted by atomic mass is 32.1. The van der Waals surface area contributed by atoms with E-state index in [1.54, 1.807) is 11.3 Å². The SMILES string of the molecule is CN(CCO)c1ccccc1/N=N/c1scc[n+]1C. The third kappa shape index (κ3) is 3.36. The molecule has 1 N–H and O–H groups in total. The standard InChI is InChI=1S/C13H17N4OS/c1-16(7-9-18)12-6-4-3-5-11(12)14-15-13-17(2)8-10-19-13/h3-6,8,10,18H,7,9H2,1-2H3/q+1. The molecule has 1 aromatic carbocycles. The number of anilines is 1. The summed E-state index contributed by atoms with van der Waals surface area (Å²) in [6.07, 6.45) is 1.95. The van der Waals surface area contributed by atoms with Gasteiger partial charge in [0.25, 0.3) is 0 Å². The number of aryl methyl sites for hydroxylation is 1. The van der Waals surface area contributed by atoms with Gasteiger partial charge in [-0.1, -0.05) is 12.1 Å². The Morgan fingerprint density at radius 2 is 2.11 bits per heavy atom.